The summed E-state index contributed by atoms with van der Waals surface area (Å²) in [5.74, 6) is 0.00267. The zero-order valence-corrected chi connectivity index (χ0v) is 9.22. The molecule has 1 rings (SSSR count). The molecule has 1 heterocycles. The number of nitrogens with two attached hydrogens (primary N) is 1. The lowest BCUT2D eigenvalue weighted by atomic mass is 10.3. The number of hydrogen-bond acceptors (Lipinski definition) is 5. The summed E-state index contributed by atoms with van der Waals surface area (Å²) in [6.45, 7) is 0.512. The first-order valence-electron chi connectivity index (χ1n) is 4.17. The number of amides is 1. The molecule has 0 saturated heterocycles. The first-order valence-corrected chi connectivity index (χ1v) is 4.93. The number of anilines is 1. The molecule has 82 valence electrons. The molecular weight excluding hydrogens is 241 g/mol. The first kappa shape index (κ1) is 11.9. The summed E-state index contributed by atoms with van der Waals surface area (Å²) in [6, 6.07) is 0. The maximum atomic E-state index is 10.4. The van der Waals surface area contributed by atoms with Crippen LogP contribution in [0.4, 0.5) is 5.82 Å². The van der Waals surface area contributed by atoms with Crippen molar-refractivity contribution in [2.75, 3.05) is 11.9 Å². The van der Waals surface area contributed by atoms with E-state index in [1.807, 2.05) is 0 Å². The predicted molar refractivity (Wildman–Crippen MR) is 56.8 cm³/mol. The Bertz CT molecular complexity index is 359. The van der Waals surface area contributed by atoms with Crippen LogP contribution in [-0.4, -0.2) is 27.6 Å². The molecule has 6 nitrogen and oxygen atoms in total. The van der Waals surface area contributed by atoms with E-state index in [9.17, 15) is 4.79 Å². The Balaban J connectivity index is 2.43. The maximum Gasteiger partial charge on any atom is 0.245 e. The Morgan fingerprint density at radius 1 is 1.40 bits per heavy atom. The van der Waals surface area contributed by atoms with E-state index in [1.165, 1.54) is 0 Å². The molecule has 0 aliphatic carbocycles. The highest BCUT2D eigenvalue weighted by Gasteiger charge is 2.04. The number of halogens is 2. The molecule has 0 saturated carbocycles. The summed E-state index contributed by atoms with van der Waals surface area (Å²) in [4.78, 5) is 14.3. The average Bonchev–Trinajstić information content (AvgIpc) is 2.17. The van der Waals surface area contributed by atoms with E-state index in [1.54, 1.807) is 0 Å². The van der Waals surface area contributed by atoms with Crippen molar-refractivity contribution in [3.63, 3.8) is 0 Å². The van der Waals surface area contributed by atoms with E-state index in [2.05, 4.69) is 20.5 Å². The average molecular weight is 250 g/mol. The number of carbonyl (C=O) groups is 1. The van der Waals surface area contributed by atoms with Crippen LogP contribution >= 0.6 is 23.2 Å². The number of carbonyl (C=O) groups excluding carboxylic acids is 1. The second-order valence-corrected chi connectivity index (χ2v) is 3.41. The minimum Gasteiger partial charge on any atom is -0.370 e. The van der Waals surface area contributed by atoms with Crippen LogP contribution in [0.1, 0.15) is 12.8 Å². The number of primary amides is 1. The van der Waals surface area contributed by atoms with Gasteiger partial charge in [0.1, 0.15) is 0 Å². The van der Waals surface area contributed by atoms with Gasteiger partial charge in [-0.25, -0.2) is 0 Å². The Morgan fingerprint density at radius 3 is 2.80 bits per heavy atom. The summed E-state index contributed by atoms with van der Waals surface area (Å²) in [5.41, 5.74) is 4.97. The Kier molecular flexibility index (Phi) is 4.51. The summed E-state index contributed by atoms with van der Waals surface area (Å²) < 4.78 is 0. The van der Waals surface area contributed by atoms with Gasteiger partial charge in [0.05, 0.1) is 0 Å². The molecule has 0 spiro atoms. The lowest BCUT2D eigenvalue weighted by Gasteiger charge is -2.04. The Hall–Kier alpha value is -1.14. The van der Waals surface area contributed by atoms with Gasteiger partial charge in [-0.15, -0.1) is 10.2 Å². The van der Waals surface area contributed by atoms with E-state index in [-0.39, 0.29) is 16.3 Å². The van der Waals surface area contributed by atoms with Gasteiger partial charge in [0, 0.05) is 13.0 Å². The topological polar surface area (TPSA) is 93.8 Å². The smallest absolute Gasteiger partial charge is 0.245 e. The predicted octanol–water partition coefficient (Wildman–Crippen LogP) is 0.856. The third kappa shape index (κ3) is 4.26. The fourth-order valence-corrected chi connectivity index (χ4v) is 1.14. The van der Waals surface area contributed by atoms with Gasteiger partial charge in [0.25, 0.3) is 0 Å². The van der Waals surface area contributed by atoms with Crippen LogP contribution in [0.5, 0.6) is 0 Å². The van der Waals surface area contributed by atoms with E-state index in [4.69, 9.17) is 28.9 Å². The van der Waals surface area contributed by atoms with Gasteiger partial charge in [-0.1, -0.05) is 11.6 Å². The molecule has 3 N–H and O–H groups in total. The van der Waals surface area contributed by atoms with Crippen molar-refractivity contribution in [1.29, 1.82) is 0 Å². The van der Waals surface area contributed by atoms with Crippen molar-refractivity contribution in [3.05, 3.63) is 10.4 Å². The van der Waals surface area contributed by atoms with Crippen LogP contribution in [-0.2, 0) is 4.79 Å². The highest BCUT2D eigenvalue weighted by molar-refractivity contribution is 6.32. The number of hydrogen-bond donors (Lipinski definition) is 2. The summed E-state index contributed by atoms with van der Waals surface area (Å²) in [7, 11) is 0. The fourth-order valence-electron chi connectivity index (χ4n) is 0.875. The quantitative estimate of drug-likeness (QED) is 0.755. The van der Waals surface area contributed by atoms with Crippen LogP contribution < -0.4 is 11.1 Å². The highest BCUT2D eigenvalue weighted by atomic mass is 35.5. The van der Waals surface area contributed by atoms with E-state index < -0.39 is 0 Å². The lowest BCUT2D eigenvalue weighted by molar-refractivity contribution is -0.118. The van der Waals surface area contributed by atoms with E-state index >= 15 is 0 Å². The van der Waals surface area contributed by atoms with Crippen LogP contribution in [0.25, 0.3) is 0 Å². The summed E-state index contributed by atoms with van der Waals surface area (Å²) in [6.07, 6.45) is 0.893. The zero-order chi connectivity index (χ0) is 11.3. The Labute approximate surface area is 96.2 Å². The van der Waals surface area contributed by atoms with Crippen molar-refractivity contribution >= 4 is 34.9 Å². The van der Waals surface area contributed by atoms with E-state index in [0.717, 1.165) is 0 Å². The second kappa shape index (κ2) is 5.67. The molecule has 0 atom stereocenters. The van der Waals surface area contributed by atoms with Crippen molar-refractivity contribution in [2.24, 2.45) is 5.73 Å². The molecule has 0 bridgehead atoms. The number of nitrogens with zero attached hydrogens (tertiary/aromatic N) is 3. The summed E-state index contributed by atoms with van der Waals surface area (Å²) >= 11 is 11.2. The van der Waals surface area contributed by atoms with Crippen LogP contribution in [0.15, 0.2) is 0 Å². The molecule has 15 heavy (non-hydrogen) atoms. The van der Waals surface area contributed by atoms with Gasteiger partial charge < -0.3 is 11.1 Å². The third-order valence-electron chi connectivity index (χ3n) is 1.51. The first-order chi connectivity index (χ1) is 7.09. The number of aromatic nitrogens is 3. The molecule has 1 amide bonds. The molecular formula is C7H9Cl2N5O. The van der Waals surface area contributed by atoms with Gasteiger partial charge in [-0.05, 0) is 18.0 Å². The minimum atomic E-state index is -0.346. The zero-order valence-electron chi connectivity index (χ0n) is 7.70. The van der Waals surface area contributed by atoms with Gasteiger partial charge in [-0.3, -0.25) is 4.79 Å². The molecule has 0 aliphatic heterocycles. The second-order valence-electron chi connectivity index (χ2n) is 2.72. The van der Waals surface area contributed by atoms with Crippen molar-refractivity contribution in [1.82, 2.24) is 15.2 Å². The normalized spacial score (nSPS) is 10.0. The molecule has 0 aromatic carbocycles. The molecule has 1 aromatic rings. The van der Waals surface area contributed by atoms with Gasteiger partial charge >= 0.3 is 0 Å². The van der Waals surface area contributed by atoms with Gasteiger partial charge in [0.2, 0.25) is 11.2 Å². The van der Waals surface area contributed by atoms with Crippen molar-refractivity contribution in [2.45, 2.75) is 12.8 Å². The minimum absolute atomic E-state index is 0.0109. The van der Waals surface area contributed by atoms with Crippen LogP contribution in [0.2, 0.25) is 10.4 Å². The van der Waals surface area contributed by atoms with Crippen molar-refractivity contribution in [3.8, 4) is 0 Å². The summed E-state index contributed by atoms with van der Waals surface area (Å²) in [5, 5.41) is 10.0. The van der Waals surface area contributed by atoms with E-state index in [0.29, 0.717) is 25.2 Å². The lowest BCUT2D eigenvalue weighted by Crippen LogP contribution is -2.13. The fraction of sp³-hybridized carbons (Fsp3) is 0.429. The van der Waals surface area contributed by atoms with Gasteiger partial charge in [-0.2, -0.15) is 4.98 Å². The standard InChI is InChI=1S/C7H9Cl2N5O/c8-5-6(12-7(9)14-13-5)11-3-1-2-4(10)15/h1-3H2,(H2,10,15)(H,11,12,14). The molecule has 0 aliphatic rings. The molecule has 8 heteroatoms. The van der Waals surface area contributed by atoms with Crippen LogP contribution in [0.3, 0.4) is 0 Å². The van der Waals surface area contributed by atoms with Gasteiger partial charge in [0.15, 0.2) is 11.0 Å². The Morgan fingerprint density at radius 2 is 2.13 bits per heavy atom. The maximum absolute atomic E-state index is 10.4. The SMILES string of the molecule is NC(=O)CCCNc1nc(Cl)nnc1Cl. The monoisotopic (exact) mass is 249 g/mol. The molecule has 0 unspecified atom stereocenters. The van der Waals surface area contributed by atoms with Crippen molar-refractivity contribution < 1.29 is 4.79 Å². The van der Waals surface area contributed by atoms with Crippen LogP contribution in [0, 0.1) is 0 Å². The number of nitrogens with one attached hydrogen (secondary N) is 1. The largest absolute Gasteiger partial charge is 0.370 e. The molecule has 0 fully saturated rings. The third-order valence-corrected chi connectivity index (χ3v) is 1.93. The molecule has 0 radical (unpaired) electrons. The number of rotatable bonds is 5. The molecule has 1 aromatic heterocycles. The highest BCUT2D eigenvalue weighted by Crippen LogP contribution is 2.16.